The summed E-state index contributed by atoms with van der Waals surface area (Å²) in [6, 6.07) is 19.1. The lowest BCUT2D eigenvalue weighted by Crippen LogP contribution is -2.06. The second kappa shape index (κ2) is 8.96. The van der Waals surface area contributed by atoms with Crippen molar-refractivity contribution in [2.75, 3.05) is 18.2 Å². The molecule has 0 aliphatic carbocycles. The summed E-state index contributed by atoms with van der Waals surface area (Å²) >= 11 is 0. The standard InChI is InChI=1S/C21H18N6O/c1-28-18-13-6-5-8-15(18)9-7-10-16(14-22)19-25-20(23)27-21(26-19)24-17-11-3-2-4-12-17/h2-13H,1H3,(H3,23,24,25,26,27)/b9-7+,16-10+. The zero-order valence-electron chi connectivity index (χ0n) is 15.2. The van der Waals surface area contributed by atoms with Crippen molar-refractivity contribution < 1.29 is 4.74 Å². The molecule has 0 unspecified atom stereocenters. The molecule has 3 aromatic rings. The van der Waals surface area contributed by atoms with Gasteiger partial charge in [0.15, 0.2) is 5.82 Å². The van der Waals surface area contributed by atoms with Crippen LogP contribution in [0.3, 0.4) is 0 Å². The third kappa shape index (κ3) is 4.71. The van der Waals surface area contributed by atoms with Crippen LogP contribution in [0.15, 0.2) is 66.7 Å². The molecule has 28 heavy (non-hydrogen) atoms. The Kier molecular flexibility index (Phi) is 5.95. The largest absolute Gasteiger partial charge is 0.496 e. The summed E-state index contributed by atoms with van der Waals surface area (Å²) in [7, 11) is 1.61. The predicted molar refractivity (Wildman–Crippen MR) is 110 cm³/mol. The summed E-state index contributed by atoms with van der Waals surface area (Å²) in [5.41, 5.74) is 7.74. The van der Waals surface area contributed by atoms with Crippen LogP contribution in [-0.2, 0) is 0 Å². The Hall–Kier alpha value is -4.18. The number of nitrogens with zero attached hydrogens (tertiary/aromatic N) is 4. The second-order valence-corrected chi connectivity index (χ2v) is 5.63. The first kappa shape index (κ1) is 18.6. The highest BCUT2D eigenvalue weighted by molar-refractivity contribution is 5.76. The first-order chi connectivity index (χ1) is 13.7. The fraction of sp³-hybridized carbons (Fsp3) is 0.0476. The van der Waals surface area contributed by atoms with Gasteiger partial charge in [0.05, 0.1) is 12.7 Å². The molecule has 2 aromatic carbocycles. The van der Waals surface area contributed by atoms with E-state index in [0.717, 1.165) is 17.0 Å². The Morgan fingerprint density at radius 3 is 2.57 bits per heavy atom. The highest BCUT2D eigenvalue weighted by Crippen LogP contribution is 2.20. The van der Waals surface area contributed by atoms with Gasteiger partial charge in [0, 0.05) is 11.3 Å². The van der Waals surface area contributed by atoms with Gasteiger partial charge in [-0.2, -0.15) is 20.2 Å². The maximum Gasteiger partial charge on any atom is 0.232 e. The van der Waals surface area contributed by atoms with Crippen LogP contribution in [0.2, 0.25) is 0 Å². The van der Waals surface area contributed by atoms with Gasteiger partial charge in [0.25, 0.3) is 0 Å². The van der Waals surface area contributed by atoms with Crippen molar-refractivity contribution in [3.63, 3.8) is 0 Å². The number of nitriles is 1. The maximum atomic E-state index is 9.51. The minimum absolute atomic E-state index is 0.0262. The van der Waals surface area contributed by atoms with E-state index >= 15 is 0 Å². The number of methoxy groups -OCH3 is 1. The summed E-state index contributed by atoms with van der Waals surface area (Å²) in [4.78, 5) is 12.4. The lowest BCUT2D eigenvalue weighted by Gasteiger charge is -2.06. The Morgan fingerprint density at radius 2 is 1.82 bits per heavy atom. The van der Waals surface area contributed by atoms with Crippen LogP contribution in [0, 0.1) is 11.3 Å². The average molecular weight is 370 g/mol. The molecule has 0 bridgehead atoms. The van der Waals surface area contributed by atoms with E-state index in [-0.39, 0.29) is 23.3 Å². The number of allylic oxidation sites excluding steroid dienone is 3. The van der Waals surface area contributed by atoms with Crippen LogP contribution in [0.5, 0.6) is 5.75 Å². The molecule has 7 heteroatoms. The van der Waals surface area contributed by atoms with Crippen molar-refractivity contribution in [2.45, 2.75) is 0 Å². The van der Waals surface area contributed by atoms with Crippen molar-refractivity contribution in [3.05, 3.63) is 78.1 Å². The van der Waals surface area contributed by atoms with Crippen LogP contribution in [0.25, 0.3) is 11.6 Å². The summed E-state index contributed by atoms with van der Waals surface area (Å²) in [6.07, 6.45) is 5.19. The molecule has 0 fully saturated rings. The second-order valence-electron chi connectivity index (χ2n) is 5.63. The zero-order chi connectivity index (χ0) is 19.8. The Bertz CT molecular complexity index is 1050. The highest BCUT2D eigenvalue weighted by atomic mass is 16.5. The van der Waals surface area contributed by atoms with Gasteiger partial charge in [-0.15, -0.1) is 0 Å². The van der Waals surface area contributed by atoms with Gasteiger partial charge in [-0.3, -0.25) is 0 Å². The third-order valence-electron chi connectivity index (χ3n) is 3.72. The summed E-state index contributed by atoms with van der Waals surface area (Å²) in [6.45, 7) is 0. The number of hydrogen-bond acceptors (Lipinski definition) is 7. The van der Waals surface area contributed by atoms with E-state index in [1.807, 2.05) is 60.7 Å². The quantitative estimate of drug-likeness (QED) is 0.501. The van der Waals surface area contributed by atoms with E-state index < -0.39 is 0 Å². The van der Waals surface area contributed by atoms with Crippen molar-refractivity contribution in [3.8, 4) is 11.8 Å². The van der Waals surface area contributed by atoms with Gasteiger partial charge in [-0.05, 0) is 24.3 Å². The number of ether oxygens (including phenoxy) is 1. The van der Waals surface area contributed by atoms with Gasteiger partial charge in [0.1, 0.15) is 11.8 Å². The molecule has 138 valence electrons. The monoisotopic (exact) mass is 370 g/mol. The molecule has 0 radical (unpaired) electrons. The molecule has 3 rings (SSSR count). The number of nitrogens with two attached hydrogens (primary N) is 1. The molecule has 0 aliphatic heterocycles. The molecule has 0 saturated carbocycles. The van der Waals surface area contributed by atoms with Gasteiger partial charge < -0.3 is 15.8 Å². The lowest BCUT2D eigenvalue weighted by molar-refractivity contribution is 0.414. The molecule has 0 aliphatic rings. The molecular weight excluding hydrogens is 352 g/mol. The van der Waals surface area contributed by atoms with Crippen LogP contribution < -0.4 is 15.8 Å². The Morgan fingerprint density at radius 1 is 1.07 bits per heavy atom. The van der Waals surface area contributed by atoms with Crippen molar-refractivity contribution >= 4 is 29.2 Å². The normalized spacial score (nSPS) is 11.2. The molecule has 0 saturated heterocycles. The molecule has 1 aromatic heterocycles. The van der Waals surface area contributed by atoms with Crippen LogP contribution >= 0.6 is 0 Å². The van der Waals surface area contributed by atoms with Crippen LogP contribution in [0.4, 0.5) is 17.6 Å². The first-order valence-electron chi connectivity index (χ1n) is 8.45. The van der Waals surface area contributed by atoms with E-state index in [2.05, 4.69) is 26.3 Å². The Labute approximate surface area is 162 Å². The molecule has 1 heterocycles. The fourth-order valence-corrected chi connectivity index (χ4v) is 2.43. The van der Waals surface area contributed by atoms with E-state index in [4.69, 9.17) is 10.5 Å². The minimum Gasteiger partial charge on any atom is -0.496 e. The van der Waals surface area contributed by atoms with Crippen LogP contribution in [-0.4, -0.2) is 22.1 Å². The number of nitrogens with one attached hydrogen (secondary N) is 1. The molecule has 7 nitrogen and oxygen atoms in total. The number of rotatable bonds is 6. The average Bonchev–Trinajstić information content (AvgIpc) is 2.72. The summed E-state index contributed by atoms with van der Waals surface area (Å²) < 4.78 is 5.31. The van der Waals surface area contributed by atoms with E-state index in [9.17, 15) is 5.26 Å². The maximum absolute atomic E-state index is 9.51. The van der Waals surface area contributed by atoms with E-state index in [0.29, 0.717) is 0 Å². The number of benzene rings is 2. The van der Waals surface area contributed by atoms with Crippen molar-refractivity contribution in [1.82, 2.24) is 15.0 Å². The SMILES string of the molecule is COc1ccccc1/C=C/C=C(\C#N)c1nc(N)nc(Nc2ccccc2)n1. The van der Waals surface area contributed by atoms with Gasteiger partial charge in [-0.25, -0.2) is 0 Å². The summed E-state index contributed by atoms with van der Waals surface area (Å²) in [5, 5.41) is 12.6. The molecule has 3 N–H and O–H groups in total. The third-order valence-corrected chi connectivity index (χ3v) is 3.72. The lowest BCUT2D eigenvalue weighted by atomic mass is 10.1. The molecule has 0 spiro atoms. The van der Waals surface area contributed by atoms with Crippen molar-refractivity contribution in [2.24, 2.45) is 0 Å². The molecular formula is C21H18N6O. The number of anilines is 3. The minimum atomic E-state index is 0.0262. The van der Waals surface area contributed by atoms with E-state index in [1.165, 1.54) is 0 Å². The smallest absolute Gasteiger partial charge is 0.232 e. The van der Waals surface area contributed by atoms with Crippen molar-refractivity contribution in [1.29, 1.82) is 5.26 Å². The zero-order valence-corrected chi connectivity index (χ0v) is 15.2. The van der Waals surface area contributed by atoms with E-state index in [1.54, 1.807) is 19.3 Å². The summed E-state index contributed by atoms with van der Waals surface area (Å²) in [5.74, 6) is 1.23. The topological polar surface area (TPSA) is 110 Å². The number of para-hydroxylation sites is 2. The van der Waals surface area contributed by atoms with Gasteiger partial charge >= 0.3 is 0 Å². The first-order valence-corrected chi connectivity index (χ1v) is 8.45. The molecule has 0 atom stereocenters. The number of hydrogen-bond donors (Lipinski definition) is 2. The molecule has 0 amide bonds. The predicted octanol–water partition coefficient (Wildman–Crippen LogP) is 3.83. The fourth-order valence-electron chi connectivity index (χ4n) is 2.43. The highest BCUT2D eigenvalue weighted by Gasteiger charge is 2.09. The number of nitrogen functional groups attached to an aromatic ring is 1. The van der Waals surface area contributed by atoms with Gasteiger partial charge in [0.2, 0.25) is 11.9 Å². The number of aromatic nitrogens is 3. The Balaban J connectivity index is 1.86. The van der Waals surface area contributed by atoms with Crippen LogP contribution in [0.1, 0.15) is 11.4 Å². The van der Waals surface area contributed by atoms with Gasteiger partial charge in [-0.1, -0.05) is 48.6 Å².